The standard InChI is InChI=1S/C15H20N2O/c1-5-10-17(11-6-2)15(18)13-8-7-9-14(12-13)16(3)4/h5-9,12H,1-2,10-11H2,3-4H3. The Morgan fingerprint density at radius 2 is 1.83 bits per heavy atom. The van der Waals surface area contributed by atoms with Crippen molar-refractivity contribution in [2.75, 3.05) is 32.1 Å². The number of benzene rings is 1. The van der Waals surface area contributed by atoms with Gasteiger partial charge < -0.3 is 9.80 Å². The summed E-state index contributed by atoms with van der Waals surface area (Å²) in [5.41, 5.74) is 1.70. The van der Waals surface area contributed by atoms with E-state index in [4.69, 9.17) is 0 Å². The molecule has 3 heteroatoms. The molecule has 3 nitrogen and oxygen atoms in total. The summed E-state index contributed by atoms with van der Waals surface area (Å²) in [7, 11) is 3.91. The van der Waals surface area contributed by atoms with Crippen LogP contribution < -0.4 is 4.90 Å². The van der Waals surface area contributed by atoms with E-state index in [2.05, 4.69) is 13.2 Å². The second-order valence-corrected chi connectivity index (χ2v) is 4.23. The highest BCUT2D eigenvalue weighted by atomic mass is 16.2. The monoisotopic (exact) mass is 244 g/mol. The first-order valence-corrected chi connectivity index (χ1v) is 5.88. The summed E-state index contributed by atoms with van der Waals surface area (Å²) in [6, 6.07) is 7.58. The van der Waals surface area contributed by atoms with Gasteiger partial charge in [0.05, 0.1) is 0 Å². The molecule has 1 aromatic carbocycles. The Bertz CT molecular complexity index is 428. The predicted molar refractivity (Wildman–Crippen MR) is 77.1 cm³/mol. The molecule has 0 unspecified atom stereocenters. The molecule has 1 aromatic rings. The molecule has 0 atom stereocenters. The molecule has 0 aromatic heterocycles. The van der Waals surface area contributed by atoms with Crippen LogP contribution in [-0.4, -0.2) is 38.0 Å². The van der Waals surface area contributed by atoms with Crippen molar-refractivity contribution in [2.24, 2.45) is 0 Å². The maximum atomic E-state index is 12.3. The van der Waals surface area contributed by atoms with Gasteiger partial charge in [-0.2, -0.15) is 0 Å². The van der Waals surface area contributed by atoms with Crippen molar-refractivity contribution in [1.29, 1.82) is 0 Å². The van der Waals surface area contributed by atoms with Crippen molar-refractivity contribution in [3.8, 4) is 0 Å². The van der Waals surface area contributed by atoms with E-state index in [1.165, 1.54) is 0 Å². The minimum atomic E-state index is -0.00139. The highest BCUT2D eigenvalue weighted by Gasteiger charge is 2.13. The van der Waals surface area contributed by atoms with Gasteiger partial charge in [0, 0.05) is 38.4 Å². The number of nitrogens with zero attached hydrogens (tertiary/aromatic N) is 2. The number of hydrogen-bond acceptors (Lipinski definition) is 2. The van der Waals surface area contributed by atoms with E-state index < -0.39 is 0 Å². The van der Waals surface area contributed by atoms with Crippen LogP contribution in [0.2, 0.25) is 0 Å². The summed E-state index contributed by atoms with van der Waals surface area (Å²) in [5, 5.41) is 0. The maximum absolute atomic E-state index is 12.3. The lowest BCUT2D eigenvalue weighted by atomic mass is 10.1. The Morgan fingerprint density at radius 1 is 1.22 bits per heavy atom. The molecule has 0 aliphatic carbocycles. The van der Waals surface area contributed by atoms with Gasteiger partial charge in [0.25, 0.3) is 5.91 Å². The number of hydrogen-bond donors (Lipinski definition) is 0. The fourth-order valence-corrected chi connectivity index (χ4v) is 1.65. The van der Waals surface area contributed by atoms with Gasteiger partial charge in [-0.1, -0.05) is 18.2 Å². The van der Waals surface area contributed by atoms with E-state index >= 15 is 0 Å². The van der Waals surface area contributed by atoms with E-state index in [1.807, 2.05) is 43.3 Å². The average molecular weight is 244 g/mol. The van der Waals surface area contributed by atoms with Gasteiger partial charge in [0.15, 0.2) is 0 Å². The molecule has 1 rings (SSSR count). The minimum Gasteiger partial charge on any atom is -0.378 e. The quantitative estimate of drug-likeness (QED) is 0.718. The van der Waals surface area contributed by atoms with Crippen LogP contribution in [0.5, 0.6) is 0 Å². The molecule has 0 saturated heterocycles. The van der Waals surface area contributed by atoms with E-state index in [9.17, 15) is 4.79 Å². The van der Waals surface area contributed by atoms with E-state index in [0.717, 1.165) is 5.69 Å². The smallest absolute Gasteiger partial charge is 0.254 e. The molecule has 0 aliphatic heterocycles. The zero-order valence-corrected chi connectivity index (χ0v) is 11.1. The van der Waals surface area contributed by atoms with E-state index in [-0.39, 0.29) is 5.91 Å². The zero-order chi connectivity index (χ0) is 13.5. The molecule has 0 radical (unpaired) electrons. The summed E-state index contributed by atoms with van der Waals surface area (Å²) in [6.45, 7) is 8.39. The normalized spacial score (nSPS) is 9.67. The number of carbonyl (C=O) groups excluding carboxylic acids is 1. The van der Waals surface area contributed by atoms with E-state index in [1.54, 1.807) is 17.1 Å². The molecular formula is C15H20N2O. The average Bonchev–Trinajstić information content (AvgIpc) is 2.38. The zero-order valence-electron chi connectivity index (χ0n) is 11.1. The molecule has 0 aliphatic rings. The second-order valence-electron chi connectivity index (χ2n) is 4.23. The Hall–Kier alpha value is -2.03. The largest absolute Gasteiger partial charge is 0.378 e. The van der Waals surface area contributed by atoms with Crippen LogP contribution in [-0.2, 0) is 0 Å². The Balaban J connectivity index is 2.96. The summed E-state index contributed by atoms with van der Waals surface area (Å²) < 4.78 is 0. The van der Waals surface area contributed by atoms with Crippen LogP contribution in [0.3, 0.4) is 0 Å². The van der Waals surface area contributed by atoms with Crippen molar-refractivity contribution < 1.29 is 4.79 Å². The molecule has 0 N–H and O–H groups in total. The number of carbonyl (C=O) groups is 1. The van der Waals surface area contributed by atoms with Crippen molar-refractivity contribution in [2.45, 2.75) is 0 Å². The van der Waals surface area contributed by atoms with E-state index in [0.29, 0.717) is 18.7 Å². The molecule has 96 valence electrons. The van der Waals surface area contributed by atoms with Crippen molar-refractivity contribution in [3.05, 3.63) is 55.1 Å². The summed E-state index contributed by atoms with van der Waals surface area (Å²) in [5.74, 6) is -0.00139. The fraction of sp³-hybridized carbons (Fsp3) is 0.267. The minimum absolute atomic E-state index is 0.00139. The first kappa shape index (κ1) is 14.0. The number of anilines is 1. The van der Waals surface area contributed by atoms with Gasteiger partial charge in [-0.3, -0.25) is 4.79 Å². The first-order valence-electron chi connectivity index (χ1n) is 5.88. The van der Waals surface area contributed by atoms with Crippen LogP contribution in [0, 0.1) is 0 Å². The molecule has 1 amide bonds. The summed E-state index contributed by atoms with van der Waals surface area (Å²) >= 11 is 0. The fourth-order valence-electron chi connectivity index (χ4n) is 1.65. The van der Waals surface area contributed by atoms with Crippen molar-refractivity contribution >= 4 is 11.6 Å². The molecule has 18 heavy (non-hydrogen) atoms. The highest BCUT2D eigenvalue weighted by molar-refractivity contribution is 5.95. The lowest BCUT2D eigenvalue weighted by Crippen LogP contribution is -2.31. The third-order valence-electron chi connectivity index (χ3n) is 2.60. The first-order chi connectivity index (χ1) is 8.60. The molecule has 0 bridgehead atoms. The molecule has 0 spiro atoms. The van der Waals surface area contributed by atoms with Gasteiger partial charge in [-0.15, -0.1) is 13.2 Å². The highest BCUT2D eigenvalue weighted by Crippen LogP contribution is 2.15. The van der Waals surface area contributed by atoms with Crippen LogP contribution in [0.1, 0.15) is 10.4 Å². The van der Waals surface area contributed by atoms with Crippen molar-refractivity contribution in [1.82, 2.24) is 4.90 Å². The summed E-state index contributed by atoms with van der Waals surface area (Å²) in [4.78, 5) is 16.0. The third-order valence-corrected chi connectivity index (χ3v) is 2.60. The molecular weight excluding hydrogens is 224 g/mol. The SMILES string of the molecule is C=CCN(CC=C)C(=O)c1cccc(N(C)C)c1. The van der Waals surface area contributed by atoms with Gasteiger partial charge >= 0.3 is 0 Å². The van der Waals surface area contributed by atoms with Crippen LogP contribution in [0.15, 0.2) is 49.6 Å². The Labute approximate surface area is 109 Å². The molecule has 0 heterocycles. The summed E-state index contributed by atoms with van der Waals surface area (Å²) in [6.07, 6.45) is 3.44. The molecule has 0 saturated carbocycles. The van der Waals surface area contributed by atoms with Gasteiger partial charge in [0.2, 0.25) is 0 Å². The Morgan fingerprint density at radius 3 is 2.33 bits per heavy atom. The van der Waals surface area contributed by atoms with Crippen LogP contribution >= 0.6 is 0 Å². The van der Waals surface area contributed by atoms with Crippen LogP contribution in [0.4, 0.5) is 5.69 Å². The lowest BCUT2D eigenvalue weighted by molar-refractivity contribution is 0.0791. The third kappa shape index (κ3) is 3.48. The van der Waals surface area contributed by atoms with Gasteiger partial charge in [0.1, 0.15) is 0 Å². The predicted octanol–water partition coefficient (Wildman–Crippen LogP) is 2.57. The number of amides is 1. The maximum Gasteiger partial charge on any atom is 0.254 e. The van der Waals surface area contributed by atoms with Gasteiger partial charge in [-0.25, -0.2) is 0 Å². The van der Waals surface area contributed by atoms with Crippen molar-refractivity contribution in [3.63, 3.8) is 0 Å². The lowest BCUT2D eigenvalue weighted by Gasteiger charge is -2.20. The Kier molecular flexibility index (Phi) is 5.18. The van der Waals surface area contributed by atoms with Gasteiger partial charge in [-0.05, 0) is 18.2 Å². The molecule has 0 fully saturated rings. The second kappa shape index (κ2) is 6.64. The number of rotatable bonds is 6. The van der Waals surface area contributed by atoms with Crippen LogP contribution in [0.25, 0.3) is 0 Å². The topological polar surface area (TPSA) is 23.6 Å².